The van der Waals surface area contributed by atoms with Crippen molar-refractivity contribution < 1.29 is 19.5 Å². The Morgan fingerprint density at radius 3 is 2.49 bits per heavy atom. The number of carbonyl (C=O) groups is 3. The fraction of sp³-hybridized carbons (Fsp3) is 0.321. The van der Waals surface area contributed by atoms with E-state index in [4.69, 9.17) is 4.79 Å². The molecule has 37 heavy (non-hydrogen) atoms. The minimum atomic E-state index is -0.0941. The molecule has 3 aromatic rings. The first kappa shape index (κ1) is 30.0. The SMILES string of the molecule is C=CC.C=O.O=CN1CC(NC(=O)Cn2c(CCNCc3ccccc3)c(CO)c3cc(Br)ccc32)C1. The van der Waals surface area contributed by atoms with Crippen LogP contribution in [0.1, 0.15) is 23.7 Å². The van der Waals surface area contributed by atoms with Crippen LogP contribution in [-0.2, 0) is 40.5 Å². The van der Waals surface area contributed by atoms with Gasteiger partial charge in [0.2, 0.25) is 12.3 Å². The molecule has 3 N–H and O–H groups in total. The summed E-state index contributed by atoms with van der Waals surface area (Å²) >= 11 is 3.52. The first-order chi connectivity index (χ1) is 18.0. The van der Waals surface area contributed by atoms with Crippen LogP contribution in [0.15, 0.2) is 65.7 Å². The fourth-order valence-corrected chi connectivity index (χ4v) is 4.60. The number of aromatic nitrogens is 1. The smallest absolute Gasteiger partial charge is 0.240 e. The number of nitrogens with one attached hydrogen (secondary N) is 2. The Kier molecular flexibility index (Phi) is 12.8. The van der Waals surface area contributed by atoms with Gasteiger partial charge in [-0.25, -0.2) is 0 Å². The van der Waals surface area contributed by atoms with Gasteiger partial charge in [-0.15, -0.1) is 6.58 Å². The highest BCUT2D eigenvalue weighted by Crippen LogP contribution is 2.29. The molecular formula is C28H35BrN4O4. The van der Waals surface area contributed by atoms with Crippen LogP contribution in [0.3, 0.4) is 0 Å². The quantitative estimate of drug-likeness (QED) is 0.197. The van der Waals surface area contributed by atoms with Gasteiger partial charge in [-0.3, -0.25) is 9.59 Å². The maximum atomic E-state index is 12.8. The van der Waals surface area contributed by atoms with Crippen LogP contribution in [0.4, 0.5) is 0 Å². The van der Waals surface area contributed by atoms with E-state index in [-0.39, 0.29) is 25.1 Å². The van der Waals surface area contributed by atoms with Crippen molar-refractivity contribution in [2.45, 2.75) is 39.1 Å². The molecule has 8 nitrogen and oxygen atoms in total. The van der Waals surface area contributed by atoms with Gasteiger partial charge in [-0.2, -0.15) is 0 Å². The first-order valence-corrected chi connectivity index (χ1v) is 12.8. The number of carbonyl (C=O) groups excluding carboxylic acids is 3. The minimum Gasteiger partial charge on any atom is -0.392 e. The van der Waals surface area contributed by atoms with E-state index in [1.807, 2.05) is 54.7 Å². The van der Waals surface area contributed by atoms with Gasteiger partial charge in [0.05, 0.1) is 12.6 Å². The zero-order valence-electron chi connectivity index (χ0n) is 21.2. The summed E-state index contributed by atoms with van der Waals surface area (Å²) in [7, 11) is 0. The van der Waals surface area contributed by atoms with Crippen LogP contribution < -0.4 is 10.6 Å². The molecule has 4 rings (SSSR count). The summed E-state index contributed by atoms with van der Waals surface area (Å²) < 4.78 is 2.93. The predicted octanol–water partition coefficient (Wildman–Crippen LogP) is 3.19. The third-order valence-electron chi connectivity index (χ3n) is 5.84. The number of nitrogens with zero attached hydrogens (tertiary/aromatic N) is 2. The molecule has 0 bridgehead atoms. The van der Waals surface area contributed by atoms with E-state index in [0.717, 1.165) is 46.1 Å². The highest BCUT2D eigenvalue weighted by molar-refractivity contribution is 9.10. The van der Waals surface area contributed by atoms with Crippen LogP contribution in [0.5, 0.6) is 0 Å². The maximum Gasteiger partial charge on any atom is 0.240 e. The summed E-state index contributed by atoms with van der Waals surface area (Å²) in [6.45, 7) is 9.91. The Hall–Kier alpha value is -3.27. The summed E-state index contributed by atoms with van der Waals surface area (Å²) in [6.07, 6.45) is 3.23. The second-order valence-corrected chi connectivity index (χ2v) is 9.39. The zero-order valence-corrected chi connectivity index (χ0v) is 22.7. The van der Waals surface area contributed by atoms with Crippen molar-refractivity contribution in [2.75, 3.05) is 19.6 Å². The normalized spacial score (nSPS) is 12.5. The number of fused-ring (bicyclic) bond motifs is 1. The molecule has 2 amide bonds. The van der Waals surface area contributed by atoms with Crippen LogP contribution in [0.25, 0.3) is 10.9 Å². The van der Waals surface area contributed by atoms with Gasteiger partial charge < -0.3 is 30.0 Å². The Morgan fingerprint density at radius 1 is 1.19 bits per heavy atom. The largest absolute Gasteiger partial charge is 0.392 e. The van der Waals surface area contributed by atoms with Crippen LogP contribution in [0.2, 0.25) is 0 Å². The van der Waals surface area contributed by atoms with Crippen molar-refractivity contribution in [3.05, 3.63) is 82.5 Å². The lowest BCUT2D eigenvalue weighted by Gasteiger charge is -2.36. The molecule has 1 aliphatic rings. The molecular weight excluding hydrogens is 536 g/mol. The summed E-state index contributed by atoms with van der Waals surface area (Å²) in [6, 6.07) is 16.1. The van der Waals surface area contributed by atoms with E-state index < -0.39 is 0 Å². The second-order valence-electron chi connectivity index (χ2n) is 8.48. The molecule has 2 heterocycles. The number of rotatable bonds is 10. The topological polar surface area (TPSA) is 104 Å². The van der Waals surface area contributed by atoms with Crippen molar-refractivity contribution in [1.29, 1.82) is 0 Å². The van der Waals surface area contributed by atoms with Crippen molar-refractivity contribution in [2.24, 2.45) is 0 Å². The molecule has 9 heteroatoms. The molecule has 1 fully saturated rings. The number of hydrogen-bond acceptors (Lipinski definition) is 5. The van der Waals surface area contributed by atoms with E-state index in [2.05, 4.69) is 45.3 Å². The molecule has 1 aliphatic heterocycles. The lowest BCUT2D eigenvalue weighted by molar-refractivity contribution is -0.128. The van der Waals surface area contributed by atoms with Crippen molar-refractivity contribution in [3.63, 3.8) is 0 Å². The third kappa shape index (κ3) is 8.38. The number of allylic oxidation sites excluding steroid dienone is 1. The molecule has 0 radical (unpaired) electrons. The van der Waals surface area contributed by atoms with Gasteiger partial charge in [0.1, 0.15) is 13.3 Å². The van der Waals surface area contributed by atoms with Crippen molar-refractivity contribution >= 4 is 45.9 Å². The number of hydrogen-bond donors (Lipinski definition) is 3. The molecule has 1 aromatic heterocycles. The number of halogens is 1. The highest BCUT2D eigenvalue weighted by atomic mass is 79.9. The van der Waals surface area contributed by atoms with Gasteiger partial charge in [-0.05, 0) is 30.7 Å². The molecule has 0 unspecified atom stereocenters. The summed E-state index contributed by atoms with van der Waals surface area (Å²) in [5, 5.41) is 17.6. The Labute approximate surface area is 226 Å². The average Bonchev–Trinajstić information content (AvgIpc) is 3.17. The lowest BCUT2D eigenvalue weighted by Crippen LogP contribution is -2.59. The second kappa shape index (κ2) is 15.8. The molecule has 0 atom stereocenters. The Balaban J connectivity index is 0.000000898. The van der Waals surface area contributed by atoms with Gasteiger partial charge in [0.15, 0.2) is 0 Å². The van der Waals surface area contributed by atoms with Crippen LogP contribution >= 0.6 is 15.9 Å². The summed E-state index contributed by atoms with van der Waals surface area (Å²) in [5.74, 6) is -0.0941. The van der Waals surface area contributed by atoms with E-state index in [1.165, 1.54) is 5.56 Å². The monoisotopic (exact) mass is 570 g/mol. The average molecular weight is 572 g/mol. The van der Waals surface area contributed by atoms with Gasteiger partial charge >= 0.3 is 0 Å². The molecule has 0 spiro atoms. The van der Waals surface area contributed by atoms with Crippen molar-refractivity contribution in [1.82, 2.24) is 20.1 Å². The van der Waals surface area contributed by atoms with Gasteiger partial charge in [-0.1, -0.05) is 52.3 Å². The fourth-order valence-electron chi connectivity index (χ4n) is 4.23. The number of amides is 2. The minimum absolute atomic E-state index is 0.00280. The third-order valence-corrected chi connectivity index (χ3v) is 6.34. The highest BCUT2D eigenvalue weighted by Gasteiger charge is 2.27. The lowest BCUT2D eigenvalue weighted by atomic mass is 10.1. The maximum absolute atomic E-state index is 12.8. The summed E-state index contributed by atoms with van der Waals surface area (Å²) in [4.78, 5) is 33.1. The number of aliphatic hydroxyl groups is 1. The summed E-state index contributed by atoms with van der Waals surface area (Å²) in [5.41, 5.74) is 3.95. The van der Waals surface area contributed by atoms with Gasteiger partial charge in [0.25, 0.3) is 0 Å². The van der Waals surface area contributed by atoms with E-state index in [0.29, 0.717) is 19.5 Å². The Morgan fingerprint density at radius 2 is 1.86 bits per heavy atom. The van der Waals surface area contributed by atoms with Crippen LogP contribution in [-0.4, -0.2) is 59.4 Å². The molecule has 2 aromatic carbocycles. The van der Waals surface area contributed by atoms with E-state index in [9.17, 15) is 14.7 Å². The first-order valence-electron chi connectivity index (χ1n) is 12.0. The standard InChI is InChI=1S/C24H27BrN4O3.C3H6.CH2O/c25-18-6-7-22-20(10-18)21(15-30)23(8-9-26-11-17-4-2-1-3-5-17)29(22)14-24(32)27-19-12-28(13-19)16-31;1-3-2;1-2/h1-7,10,16,19,26,30H,8-9,11-15H2,(H,27,32);3H,1H2,2H3;1H2. The molecule has 0 saturated carbocycles. The number of aliphatic hydroxyl groups excluding tert-OH is 1. The number of benzene rings is 2. The van der Waals surface area contributed by atoms with E-state index >= 15 is 0 Å². The Bertz CT molecular complexity index is 1160. The zero-order chi connectivity index (χ0) is 27.2. The van der Waals surface area contributed by atoms with Crippen LogP contribution in [0, 0.1) is 0 Å². The molecule has 198 valence electrons. The number of likely N-dealkylation sites (tertiary alicyclic amines) is 1. The predicted molar refractivity (Wildman–Crippen MR) is 150 cm³/mol. The van der Waals surface area contributed by atoms with E-state index in [1.54, 1.807) is 11.0 Å². The van der Waals surface area contributed by atoms with Crippen molar-refractivity contribution in [3.8, 4) is 0 Å². The van der Waals surface area contributed by atoms with Gasteiger partial charge in [0, 0.05) is 59.2 Å². The molecule has 1 saturated heterocycles. The molecule has 0 aliphatic carbocycles.